The quantitative estimate of drug-likeness (QED) is 0.346. The van der Waals surface area contributed by atoms with Gasteiger partial charge in [-0.05, 0) is 49.1 Å². The van der Waals surface area contributed by atoms with Crippen LogP contribution in [0.2, 0.25) is 0 Å². The van der Waals surface area contributed by atoms with Gasteiger partial charge in [-0.15, -0.1) is 0 Å². The first-order valence-corrected chi connectivity index (χ1v) is 13.1. The van der Waals surface area contributed by atoms with Crippen LogP contribution >= 0.6 is 0 Å². The van der Waals surface area contributed by atoms with Crippen molar-refractivity contribution in [2.75, 3.05) is 38.0 Å². The SMILES string of the molecule is O=C(O)C(F)(F)F.O=C(O)c1ccc(NC(=NCCc2ccccc2)N2CCN(C3CCCCC3)CC2)cc1. The standard InChI is InChI=1S/C26H34N4O2.C2HF3O2/c31-25(32)22-11-13-23(14-12-22)28-26(27-16-15-21-7-3-1-4-8-21)30-19-17-29(18-20-30)24-9-5-2-6-10-24;3-2(4,5)1(6)7/h1,3-4,7-8,11-14,24H,2,5-6,9-10,15-20H2,(H,27,28)(H,31,32);(H,6,7). The van der Waals surface area contributed by atoms with E-state index in [4.69, 9.17) is 20.0 Å². The number of aliphatic imine (C=N–C) groups is 1. The van der Waals surface area contributed by atoms with Crippen LogP contribution in [-0.4, -0.2) is 82.9 Å². The van der Waals surface area contributed by atoms with Crippen LogP contribution in [0.4, 0.5) is 18.9 Å². The van der Waals surface area contributed by atoms with Crippen molar-refractivity contribution in [2.24, 2.45) is 4.99 Å². The van der Waals surface area contributed by atoms with Crippen LogP contribution in [0.5, 0.6) is 0 Å². The number of halogens is 3. The second-order valence-electron chi connectivity index (χ2n) is 9.57. The van der Waals surface area contributed by atoms with Crippen molar-refractivity contribution in [1.29, 1.82) is 0 Å². The van der Waals surface area contributed by atoms with Crippen LogP contribution in [0.1, 0.15) is 48.0 Å². The predicted octanol–water partition coefficient (Wildman–Crippen LogP) is 4.98. The minimum atomic E-state index is -5.08. The number of rotatable bonds is 6. The molecule has 3 N–H and O–H groups in total. The summed E-state index contributed by atoms with van der Waals surface area (Å²) in [6, 6.07) is 18.1. The average Bonchev–Trinajstić information content (AvgIpc) is 2.94. The smallest absolute Gasteiger partial charge is 0.478 e. The number of carbonyl (C=O) groups is 2. The highest BCUT2D eigenvalue weighted by atomic mass is 19.4. The maximum Gasteiger partial charge on any atom is 0.490 e. The second-order valence-corrected chi connectivity index (χ2v) is 9.57. The second kappa shape index (κ2) is 14.5. The Balaban J connectivity index is 0.000000532. The number of carboxylic acid groups (broad SMARTS) is 2. The van der Waals surface area contributed by atoms with Gasteiger partial charge >= 0.3 is 18.1 Å². The molecule has 2 fully saturated rings. The molecule has 0 radical (unpaired) electrons. The lowest BCUT2D eigenvalue weighted by molar-refractivity contribution is -0.192. The van der Waals surface area contributed by atoms with Crippen molar-refractivity contribution in [3.63, 3.8) is 0 Å². The Morgan fingerprint density at radius 1 is 0.897 bits per heavy atom. The molecule has 2 aromatic carbocycles. The zero-order chi connectivity index (χ0) is 28.3. The van der Waals surface area contributed by atoms with Crippen LogP contribution in [0.25, 0.3) is 0 Å². The molecular weight excluding hydrogens is 513 g/mol. The fourth-order valence-corrected chi connectivity index (χ4v) is 4.72. The van der Waals surface area contributed by atoms with Crippen LogP contribution in [0.15, 0.2) is 59.6 Å². The summed E-state index contributed by atoms with van der Waals surface area (Å²) in [4.78, 5) is 30.0. The summed E-state index contributed by atoms with van der Waals surface area (Å²) in [6.45, 7) is 4.77. The Morgan fingerprint density at radius 3 is 2.03 bits per heavy atom. The zero-order valence-corrected chi connectivity index (χ0v) is 21.7. The van der Waals surface area contributed by atoms with Gasteiger partial charge < -0.3 is 20.4 Å². The third kappa shape index (κ3) is 9.90. The predicted molar refractivity (Wildman–Crippen MR) is 143 cm³/mol. The number of nitrogens with one attached hydrogen (secondary N) is 1. The Hall–Kier alpha value is -3.60. The molecule has 2 aromatic rings. The molecule has 0 unspecified atom stereocenters. The molecule has 1 saturated heterocycles. The van der Waals surface area contributed by atoms with Gasteiger partial charge in [-0.25, -0.2) is 9.59 Å². The van der Waals surface area contributed by atoms with Gasteiger partial charge in [-0.2, -0.15) is 13.2 Å². The number of nitrogens with zero attached hydrogens (tertiary/aromatic N) is 3. The van der Waals surface area contributed by atoms with E-state index in [0.29, 0.717) is 12.1 Å². The zero-order valence-electron chi connectivity index (χ0n) is 21.7. The molecule has 8 nitrogen and oxygen atoms in total. The van der Waals surface area contributed by atoms with E-state index in [9.17, 15) is 18.0 Å². The fourth-order valence-electron chi connectivity index (χ4n) is 4.72. The lowest BCUT2D eigenvalue weighted by atomic mass is 9.94. The van der Waals surface area contributed by atoms with E-state index in [1.807, 2.05) is 18.2 Å². The summed E-state index contributed by atoms with van der Waals surface area (Å²) in [6.07, 6.45) is 2.61. The van der Waals surface area contributed by atoms with E-state index in [-0.39, 0.29) is 0 Å². The number of hydrogen-bond donors (Lipinski definition) is 3. The number of alkyl halides is 3. The molecule has 1 saturated carbocycles. The minimum Gasteiger partial charge on any atom is -0.478 e. The monoisotopic (exact) mass is 548 g/mol. The van der Waals surface area contributed by atoms with Crippen LogP contribution < -0.4 is 5.32 Å². The minimum absolute atomic E-state index is 0.291. The lowest BCUT2D eigenvalue weighted by Gasteiger charge is -2.41. The first-order valence-electron chi connectivity index (χ1n) is 13.1. The Morgan fingerprint density at radius 2 is 1.49 bits per heavy atom. The van der Waals surface area contributed by atoms with Crippen molar-refractivity contribution < 1.29 is 33.0 Å². The third-order valence-corrected chi connectivity index (χ3v) is 6.84. The summed E-state index contributed by atoms with van der Waals surface area (Å²) in [5, 5.41) is 19.7. The number of aromatic carboxylic acids is 1. The highest BCUT2D eigenvalue weighted by Crippen LogP contribution is 2.24. The number of aliphatic carboxylic acids is 1. The number of benzene rings is 2. The molecule has 0 amide bonds. The molecule has 2 aliphatic rings. The number of hydrogen-bond acceptors (Lipinski definition) is 4. The molecule has 1 heterocycles. The molecule has 0 aromatic heterocycles. The van der Waals surface area contributed by atoms with E-state index in [1.165, 1.54) is 37.7 Å². The van der Waals surface area contributed by atoms with Crippen molar-refractivity contribution in [2.45, 2.75) is 50.7 Å². The molecule has 11 heteroatoms. The molecule has 0 spiro atoms. The number of anilines is 1. The van der Waals surface area contributed by atoms with Crippen molar-refractivity contribution in [3.05, 3.63) is 65.7 Å². The molecule has 0 bridgehead atoms. The third-order valence-electron chi connectivity index (χ3n) is 6.84. The number of guanidine groups is 1. The summed E-state index contributed by atoms with van der Waals surface area (Å²) in [5.41, 5.74) is 2.44. The molecule has 39 heavy (non-hydrogen) atoms. The summed E-state index contributed by atoms with van der Waals surface area (Å²) in [5.74, 6) is -2.79. The molecular formula is C28H35F3N4O4. The van der Waals surface area contributed by atoms with E-state index in [1.54, 1.807) is 12.1 Å². The van der Waals surface area contributed by atoms with Crippen molar-refractivity contribution >= 4 is 23.6 Å². The van der Waals surface area contributed by atoms with Gasteiger partial charge in [0.2, 0.25) is 0 Å². The first kappa shape index (κ1) is 29.9. The van der Waals surface area contributed by atoms with Crippen LogP contribution in [0, 0.1) is 0 Å². The van der Waals surface area contributed by atoms with Crippen molar-refractivity contribution in [1.82, 2.24) is 9.80 Å². The first-order chi connectivity index (χ1) is 18.6. The van der Waals surface area contributed by atoms with Crippen LogP contribution in [0.3, 0.4) is 0 Å². The highest BCUT2D eigenvalue weighted by Gasteiger charge is 2.38. The van der Waals surface area contributed by atoms with Gasteiger partial charge in [0.05, 0.1) is 5.56 Å². The highest BCUT2D eigenvalue weighted by molar-refractivity contribution is 5.94. The van der Waals surface area contributed by atoms with Gasteiger partial charge in [0.25, 0.3) is 0 Å². The van der Waals surface area contributed by atoms with Crippen LogP contribution in [-0.2, 0) is 11.2 Å². The maximum atomic E-state index is 11.2. The van der Waals surface area contributed by atoms with Gasteiger partial charge in [0, 0.05) is 44.5 Å². The molecule has 212 valence electrons. The lowest BCUT2D eigenvalue weighted by Crippen LogP contribution is -2.53. The Kier molecular flexibility index (Phi) is 11.2. The van der Waals surface area contributed by atoms with Gasteiger partial charge in [-0.3, -0.25) is 9.89 Å². The number of carboxylic acids is 2. The molecule has 0 atom stereocenters. The van der Waals surface area contributed by atoms with Gasteiger partial charge in [-0.1, -0.05) is 49.6 Å². The van der Waals surface area contributed by atoms with Gasteiger partial charge in [0.1, 0.15) is 0 Å². The summed E-state index contributed by atoms with van der Waals surface area (Å²) < 4.78 is 31.7. The normalized spacial score (nSPS) is 17.2. The van der Waals surface area contributed by atoms with Gasteiger partial charge in [0.15, 0.2) is 5.96 Å². The summed E-state index contributed by atoms with van der Waals surface area (Å²) >= 11 is 0. The summed E-state index contributed by atoms with van der Waals surface area (Å²) in [7, 11) is 0. The topological polar surface area (TPSA) is 105 Å². The number of piperazine rings is 1. The largest absolute Gasteiger partial charge is 0.490 e. The van der Waals surface area contributed by atoms with Crippen molar-refractivity contribution in [3.8, 4) is 0 Å². The van der Waals surface area contributed by atoms with E-state index >= 15 is 0 Å². The fraction of sp³-hybridized carbons (Fsp3) is 0.464. The molecule has 4 rings (SSSR count). The van der Waals surface area contributed by atoms with E-state index in [2.05, 4.69) is 39.4 Å². The molecule has 1 aliphatic carbocycles. The Labute approximate surface area is 226 Å². The van der Waals surface area contributed by atoms with E-state index < -0.39 is 18.1 Å². The maximum absolute atomic E-state index is 11.2. The van der Waals surface area contributed by atoms with E-state index in [0.717, 1.165) is 50.3 Å². The average molecular weight is 549 g/mol. The Bertz CT molecular complexity index is 1080. The molecule has 1 aliphatic heterocycles.